The molecule has 0 aliphatic carbocycles. The van der Waals surface area contributed by atoms with Gasteiger partial charge in [-0.3, -0.25) is 4.57 Å². The molecule has 9 heteroatoms. The lowest BCUT2D eigenvalue weighted by Crippen LogP contribution is -1.94. The van der Waals surface area contributed by atoms with Crippen LogP contribution in [0, 0.1) is 0 Å². The topological polar surface area (TPSA) is 72.3 Å². The summed E-state index contributed by atoms with van der Waals surface area (Å²) < 4.78 is 2.97. The maximum atomic E-state index is 4.75. The number of hydrogen-bond donors (Lipinski definition) is 1. The number of H-pyrrole nitrogens is 1. The summed E-state index contributed by atoms with van der Waals surface area (Å²) in [6.45, 7) is 0. The van der Waals surface area contributed by atoms with Crippen LogP contribution in [0.3, 0.4) is 0 Å². The van der Waals surface area contributed by atoms with Gasteiger partial charge in [0, 0.05) is 12.4 Å². The highest BCUT2D eigenvalue weighted by Crippen LogP contribution is 2.44. The predicted molar refractivity (Wildman–Crippen MR) is 224 cm³/mol. The molecular formula is C44H31BrN6S2. The zero-order valence-corrected chi connectivity index (χ0v) is 31.5. The van der Waals surface area contributed by atoms with Crippen molar-refractivity contribution in [3.05, 3.63) is 187 Å². The van der Waals surface area contributed by atoms with Crippen LogP contribution in [0.1, 0.15) is 0 Å². The van der Waals surface area contributed by atoms with E-state index in [0.717, 1.165) is 32.5 Å². The lowest BCUT2D eigenvalue weighted by Gasteiger charge is -2.04. The SMILES string of the molecule is Brc1ccccn1.c1ccc(-c2sc(-c3ccccc3)c3[nH]cnc23)cc1.c1ccc(-c2sc(-c3ccccc3)c3c2ncn3-c2ccccn2)cc1. The number of nitrogens with zero attached hydrogens (tertiary/aromatic N) is 5. The number of benzene rings is 4. The van der Waals surface area contributed by atoms with Crippen molar-refractivity contribution in [2.24, 2.45) is 0 Å². The fraction of sp³-hybridized carbons (Fsp3) is 0. The zero-order chi connectivity index (χ0) is 35.8. The van der Waals surface area contributed by atoms with Crippen LogP contribution in [-0.4, -0.2) is 29.5 Å². The number of nitrogens with one attached hydrogen (secondary N) is 1. The molecule has 10 aromatic rings. The molecule has 0 atom stereocenters. The predicted octanol–water partition coefficient (Wildman–Crippen LogP) is 12.6. The molecule has 256 valence electrons. The van der Waals surface area contributed by atoms with E-state index in [9.17, 15) is 0 Å². The minimum atomic E-state index is 0.879. The molecule has 0 saturated heterocycles. The Kier molecular flexibility index (Phi) is 10.4. The molecule has 0 saturated carbocycles. The third kappa shape index (κ3) is 7.50. The van der Waals surface area contributed by atoms with Crippen LogP contribution in [0.15, 0.2) is 187 Å². The molecule has 6 nitrogen and oxygen atoms in total. The van der Waals surface area contributed by atoms with Crippen LogP contribution in [0.25, 0.3) is 69.6 Å². The highest BCUT2D eigenvalue weighted by molar-refractivity contribution is 9.10. The number of imidazole rings is 2. The first-order valence-electron chi connectivity index (χ1n) is 16.9. The van der Waals surface area contributed by atoms with Gasteiger partial charge in [-0.2, -0.15) is 0 Å². The second kappa shape index (κ2) is 16.1. The summed E-state index contributed by atoms with van der Waals surface area (Å²) in [5, 5.41) is 0. The Bertz CT molecular complexity index is 2550. The van der Waals surface area contributed by atoms with Gasteiger partial charge in [-0.25, -0.2) is 19.9 Å². The van der Waals surface area contributed by atoms with Crippen molar-refractivity contribution in [1.29, 1.82) is 0 Å². The second-order valence-corrected chi connectivity index (χ2v) is 14.6. The maximum Gasteiger partial charge on any atom is 0.138 e. The maximum absolute atomic E-state index is 4.75. The highest BCUT2D eigenvalue weighted by Gasteiger charge is 2.20. The van der Waals surface area contributed by atoms with Gasteiger partial charge in [0.05, 0.1) is 36.9 Å². The fourth-order valence-electron chi connectivity index (χ4n) is 5.93. The summed E-state index contributed by atoms with van der Waals surface area (Å²) in [5.41, 5.74) is 9.15. The monoisotopic (exact) mass is 786 g/mol. The Balaban J connectivity index is 0.000000131. The number of aromatic amines is 1. The molecule has 0 aliphatic heterocycles. The minimum absolute atomic E-state index is 0.879. The fourth-order valence-corrected chi connectivity index (χ4v) is 8.67. The van der Waals surface area contributed by atoms with Gasteiger partial charge in [0.1, 0.15) is 27.8 Å². The van der Waals surface area contributed by atoms with E-state index in [-0.39, 0.29) is 0 Å². The molecule has 0 fully saturated rings. The quantitative estimate of drug-likeness (QED) is 0.176. The van der Waals surface area contributed by atoms with Crippen molar-refractivity contribution in [2.75, 3.05) is 0 Å². The van der Waals surface area contributed by atoms with Crippen LogP contribution < -0.4 is 0 Å². The molecule has 6 aromatic heterocycles. The molecule has 0 amide bonds. The van der Waals surface area contributed by atoms with E-state index in [2.05, 4.69) is 137 Å². The molecule has 10 rings (SSSR count). The first kappa shape index (κ1) is 34.1. The van der Waals surface area contributed by atoms with Crippen molar-refractivity contribution < 1.29 is 0 Å². The summed E-state index contributed by atoms with van der Waals surface area (Å²) in [6.07, 6.45) is 7.20. The van der Waals surface area contributed by atoms with Gasteiger partial charge in [0.15, 0.2) is 0 Å². The van der Waals surface area contributed by atoms with Gasteiger partial charge in [0.25, 0.3) is 0 Å². The lowest BCUT2D eigenvalue weighted by atomic mass is 10.1. The largest absolute Gasteiger partial charge is 0.343 e. The van der Waals surface area contributed by atoms with Gasteiger partial charge < -0.3 is 4.98 Å². The van der Waals surface area contributed by atoms with Gasteiger partial charge >= 0.3 is 0 Å². The number of pyridine rings is 2. The van der Waals surface area contributed by atoms with Crippen LogP contribution in [0.5, 0.6) is 0 Å². The Morgan fingerprint density at radius 3 is 1.45 bits per heavy atom. The Morgan fingerprint density at radius 2 is 0.943 bits per heavy atom. The molecule has 6 heterocycles. The van der Waals surface area contributed by atoms with E-state index in [1.807, 2.05) is 73.2 Å². The molecule has 0 aliphatic rings. The third-order valence-corrected chi connectivity index (χ3v) is 11.4. The Labute approximate surface area is 323 Å². The van der Waals surface area contributed by atoms with Gasteiger partial charge in [-0.15, -0.1) is 22.7 Å². The first-order valence-corrected chi connectivity index (χ1v) is 19.3. The Hall–Kier alpha value is -6.00. The van der Waals surface area contributed by atoms with Crippen molar-refractivity contribution >= 4 is 60.7 Å². The average Bonchev–Trinajstić information content (AvgIpc) is 4.03. The molecule has 0 bridgehead atoms. The van der Waals surface area contributed by atoms with Crippen LogP contribution in [-0.2, 0) is 0 Å². The van der Waals surface area contributed by atoms with E-state index in [0.29, 0.717) is 0 Å². The summed E-state index contributed by atoms with van der Waals surface area (Å²) >= 11 is 6.78. The van der Waals surface area contributed by atoms with Gasteiger partial charge in [-0.1, -0.05) is 133 Å². The van der Waals surface area contributed by atoms with E-state index < -0.39 is 0 Å². The molecule has 4 aromatic carbocycles. The second-order valence-electron chi connectivity index (χ2n) is 11.8. The summed E-state index contributed by atoms with van der Waals surface area (Å²) in [5.74, 6) is 0.879. The molecule has 0 radical (unpaired) electrons. The number of thiophene rings is 2. The van der Waals surface area contributed by atoms with Crippen LogP contribution >= 0.6 is 38.6 Å². The van der Waals surface area contributed by atoms with Crippen LogP contribution in [0.4, 0.5) is 0 Å². The number of fused-ring (bicyclic) bond motifs is 2. The summed E-state index contributed by atoms with van der Waals surface area (Å²) in [4.78, 5) is 25.8. The number of hydrogen-bond acceptors (Lipinski definition) is 6. The smallest absolute Gasteiger partial charge is 0.138 e. The van der Waals surface area contributed by atoms with Crippen molar-refractivity contribution in [2.45, 2.75) is 0 Å². The number of rotatable bonds is 5. The van der Waals surface area contributed by atoms with Crippen LogP contribution in [0.2, 0.25) is 0 Å². The van der Waals surface area contributed by atoms with Gasteiger partial charge in [0.2, 0.25) is 0 Å². The normalized spacial score (nSPS) is 10.7. The standard InChI is InChI=1S/C22H15N3S.C17H12N2S.C5H4BrN/c1-3-9-16(10-4-1)21-19-20(22(26-21)17-11-5-2-6-12-17)25(15-24-19)18-13-7-8-14-23-18;1-3-7-12(8-4-1)16-14-15(19-11-18-14)17(20-16)13-9-5-2-6-10-13;6-5-3-1-2-4-7-5/h1-15H;1-11H,(H,18,19);1-4H. The minimum Gasteiger partial charge on any atom is -0.343 e. The van der Waals surface area contributed by atoms with Crippen molar-refractivity contribution in [3.63, 3.8) is 0 Å². The van der Waals surface area contributed by atoms with E-state index in [1.165, 1.54) is 41.8 Å². The van der Waals surface area contributed by atoms with Gasteiger partial charge in [-0.05, 0) is 62.4 Å². The number of halogens is 1. The highest BCUT2D eigenvalue weighted by atomic mass is 79.9. The summed E-state index contributed by atoms with van der Waals surface area (Å²) in [7, 11) is 0. The van der Waals surface area contributed by atoms with E-state index in [4.69, 9.17) is 4.98 Å². The Morgan fingerprint density at radius 1 is 0.453 bits per heavy atom. The lowest BCUT2D eigenvalue weighted by molar-refractivity contribution is 1.02. The molecule has 0 unspecified atom stereocenters. The molecule has 0 spiro atoms. The number of aromatic nitrogens is 6. The molecule has 1 N–H and O–H groups in total. The average molecular weight is 788 g/mol. The van der Waals surface area contributed by atoms with E-state index in [1.54, 1.807) is 35.2 Å². The van der Waals surface area contributed by atoms with Crippen molar-refractivity contribution in [1.82, 2.24) is 29.5 Å². The first-order chi connectivity index (χ1) is 26.2. The van der Waals surface area contributed by atoms with Crippen molar-refractivity contribution in [3.8, 4) is 47.6 Å². The molecule has 53 heavy (non-hydrogen) atoms. The third-order valence-electron chi connectivity index (χ3n) is 8.36. The zero-order valence-electron chi connectivity index (χ0n) is 28.3. The molecular weight excluding hydrogens is 757 g/mol. The summed E-state index contributed by atoms with van der Waals surface area (Å²) in [6, 6.07) is 53.5. The van der Waals surface area contributed by atoms with E-state index >= 15 is 0 Å².